The molecule has 4 bridgehead atoms. The van der Waals surface area contributed by atoms with E-state index in [1.54, 1.807) is 0 Å². The molecule has 1 aromatic heterocycles. The van der Waals surface area contributed by atoms with E-state index in [1.807, 2.05) is 24.3 Å². The zero-order valence-corrected chi connectivity index (χ0v) is 25.2. The number of aliphatic carboxylic acids is 1. The van der Waals surface area contributed by atoms with Gasteiger partial charge in [-0.15, -0.1) is 5.54 Å². The number of anilines is 1. The summed E-state index contributed by atoms with van der Waals surface area (Å²) in [5.74, 6) is 4.00. The van der Waals surface area contributed by atoms with Gasteiger partial charge in [0, 0.05) is 34.2 Å². The molecule has 4 fully saturated rings. The summed E-state index contributed by atoms with van der Waals surface area (Å²) in [6.45, 7) is 6.25. The predicted molar refractivity (Wildman–Crippen MR) is 164 cm³/mol. The van der Waals surface area contributed by atoms with E-state index in [0.29, 0.717) is 0 Å². The number of hydrogen-bond acceptors (Lipinski definition) is 3. The number of hydrogen-bond donors (Lipinski definition) is 3. The molecule has 0 unspecified atom stereocenters. The summed E-state index contributed by atoms with van der Waals surface area (Å²) in [7, 11) is -1.85. The fourth-order valence-electron chi connectivity index (χ4n) is 8.70. The second kappa shape index (κ2) is 9.52. The van der Waals surface area contributed by atoms with Crippen molar-refractivity contribution in [2.24, 2.45) is 17.8 Å². The van der Waals surface area contributed by atoms with Crippen molar-refractivity contribution >= 4 is 36.5 Å². The van der Waals surface area contributed by atoms with Gasteiger partial charge in [0.05, 0.1) is 6.04 Å². The summed E-state index contributed by atoms with van der Waals surface area (Å²) < 4.78 is 0. The second-order valence-corrected chi connectivity index (χ2v) is 18.9. The minimum absolute atomic E-state index is 0.203. The minimum Gasteiger partial charge on any atom is -0.480 e. The third-order valence-corrected chi connectivity index (χ3v) is 10.7. The van der Waals surface area contributed by atoms with Gasteiger partial charge in [0.2, 0.25) is 0 Å². The van der Waals surface area contributed by atoms with Crippen molar-refractivity contribution in [3.8, 4) is 11.5 Å². The van der Waals surface area contributed by atoms with E-state index in [-0.39, 0.29) is 12.0 Å². The molecule has 8 rings (SSSR count). The lowest BCUT2D eigenvalue weighted by atomic mass is 9.53. The molecule has 212 valence electrons. The number of carboxylic acid groups (broad SMARTS) is 1. The third-order valence-electron chi connectivity index (χ3n) is 9.87. The lowest BCUT2D eigenvalue weighted by Crippen LogP contribution is -2.54. The van der Waals surface area contributed by atoms with E-state index in [0.717, 1.165) is 51.2 Å². The Morgan fingerprint density at radius 3 is 2.22 bits per heavy atom. The fourth-order valence-corrected chi connectivity index (χ4v) is 9.18. The first kappa shape index (κ1) is 26.4. The van der Waals surface area contributed by atoms with Crippen molar-refractivity contribution in [1.82, 2.24) is 9.88 Å². The van der Waals surface area contributed by atoms with Gasteiger partial charge in [0.1, 0.15) is 14.1 Å². The Kier molecular flexibility index (Phi) is 6.13. The number of amides is 1. The molecule has 4 aliphatic carbocycles. The van der Waals surface area contributed by atoms with Gasteiger partial charge in [-0.25, -0.2) is 4.79 Å². The van der Waals surface area contributed by atoms with Crippen molar-refractivity contribution in [3.63, 3.8) is 0 Å². The lowest BCUT2D eigenvalue weighted by Gasteiger charge is -2.57. The number of para-hydroxylation sites is 1. The fraction of sp³-hybridized carbons (Fsp3) is 0.471. The van der Waals surface area contributed by atoms with E-state index >= 15 is 0 Å². The Hall–Kier alpha value is -3.50. The van der Waals surface area contributed by atoms with Gasteiger partial charge < -0.3 is 20.3 Å². The first-order valence-electron chi connectivity index (χ1n) is 15.1. The summed E-state index contributed by atoms with van der Waals surface area (Å²) in [6.07, 6.45) is 8.26. The molecule has 1 aliphatic heterocycles. The van der Waals surface area contributed by atoms with E-state index in [4.69, 9.17) is 0 Å². The van der Waals surface area contributed by atoms with Crippen LogP contribution in [0.25, 0.3) is 10.9 Å². The highest BCUT2D eigenvalue weighted by molar-refractivity contribution is 6.84. The largest absolute Gasteiger partial charge is 0.480 e. The monoisotopic (exact) mass is 565 g/mol. The Balaban J connectivity index is 1.28. The van der Waals surface area contributed by atoms with E-state index in [1.165, 1.54) is 43.4 Å². The molecule has 0 radical (unpaired) electrons. The maximum absolute atomic E-state index is 13.7. The van der Waals surface area contributed by atoms with Crippen LogP contribution in [0.3, 0.4) is 0 Å². The van der Waals surface area contributed by atoms with Gasteiger partial charge in [-0.3, -0.25) is 4.79 Å². The van der Waals surface area contributed by atoms with Crippen LogP contribution in [0, 0.1) is 29.2 Å². The van der Waals surface area contributed by atoms with Crippen LogP contribution in [-0.2, 0) is 16.0 Å². The van der Waals surface area contributed by atoms with Gasteiger partial charge in [0.15, 0.2) is 0 Å². The highest BCUT2D eigenvalue weighted by Crippen LogP contribution is 2.56. The lowest BCUT2D eigenvalue weighted by molar-refractivity contribution is -0.150. The molecule has 4 saturated carbocycles. The zero-order chi connectivity index (χ0) is 28.5. The highest BCUT2D eigenvalue weighted by Gasteiger charge is 2.51. The average molecular weight is 566 g/mol. The molecule has 2 atom stereocenters. The Bertz CT molecular complexity index is 1550. The van der Waals surface area contributed by atoms with Crippen LogP contribution < -0.4 is 5.32 Å². The van der Waals surface area contributed by atoms with E-state index in [9.17, 15) is 14.7 Å². The Morgan fingerprint density at radius 1 is 0.976 bits per heavy atom. The molecule has 0 saturated heterocycles. The van der Waals surface area contributed by atoms with Crippen LogP contribution in [0.1, 0.15) is 61.4 Å². The van der Waals surface area contributed by atoms with Gasteiger partial charge in [-0.05, 0) is 91.5 Å². The number of benzene rings is 2. The van der Waals surface area contributed by atoms with Gasteiger partial charge in [-0.1, -0.05) is 50.0 Å². The van der Waals surface area contributed by atoms with Gasteiger partial charge in [0.25, 0.3) is 5.91 Å². The molecule has 2 heterocycles. The molecule has 7 heteroatoms. The van der Waals surface area contributed by atoms with Crippen LogP contribution in [0.2, 0.25) is 19.6 Å². The number of aromatic amines is 1. The number of fused-ring (bicyclic) bond motifs is 3. The quantitative estimate of drug-likeness (QED) is 0.254. The normalized spacial score (nSPS) is 30.0. The number of aromatic nitrogens is 1. The summed E-state index contributed by atoms with van der Waals surface area (Å²) in [6, 6.07) is 14.8. The van der Waals surface area contributed by atoms with E-state index < -0.39 is 32.0 Å². The number of nitrogens with one attached hydrogen (secondary N) is 2. The predicted octanol–water partition coefficient (Wildman–Crippen LogP) is 6.36. The van der Waals surface area contributed by atoms with Gasteiger partial charge in [-0.2, -0.15) is 0 Å². The van der Waals surface area contributed by atoms with Crippen molar-refractivity contribution in [2.45, 2.75) is 82.2 Å². The third kappa shape index (κ3) is 4.76. The number of carboxylic acids is 1. The molecule has 3 N–H and O–H groups in total. The SMILES string of the molecule is C[Si](C)(C)C#CC(=O)N1[C@@H](c2ccc(NC34CC5CC(CC(C5)C3)C4)cc2)c2[nH]c3ccccc3c2C[C@@H]1C(=O)O. The van der Waals surface area contributed by atoms with Crippen LogP contribution in [-0.4, -0.2) is 46.5 Å². The van der Waals surface area contributed by atoms with Crippen LogP contribution in [0.4, 0.5) is 5.69 Å². The topological polar surface area (TPSA) is 85.4 Å². The van der Waals surface area contributed by atoms with Crippen LogP contribution >= 0.6 is 0 Å². The summed E-state index contributed by atoms with van der Waals surface area (Å²) >= 11 is 0. The van der Waals surface area contributed by atoms with Crippen molar-refractivity contribution < 1.29 is 14.7 Å². The molecular weight excluding hydrogens is 526 g/mol. The molecule has 41 heavy (non-hydrogen) atoms. The van der Waals surface area contributed by atoms with Crippen molar-refractivity contribution in [3.05, 3.63) is 65.4 Å². The minimum atomic E-state index is -1.85. The van der Waals surface area contributed by atoms with Crippen LogP contribution in [0.15, 0.2) is 48.5 Å². The summed E-state index contributed by atoms with van der Waals surface area (Å²) in [5, 5.41) is 15.3. The molecular formula is C34H39N3O3Si. The molecule has 0 spiro atoms. The summed E-state index contributed by atoms with van der Waals surface area (Å²) in [4.78, 5) is 31.5. The first-order chi connectivity index (χ1) is 19.6. The Morgan fingerprint density at radius 2 is 1.61 bits per heavy atom. The number of rotatable bonds is 4. The standard InChI is InChI=1S/C34H39N3O3Si/c1-41(2,3)13-12-30(38)37-29(33(39)40)17-27-26-6-4-5-7-28(26)35-31(27)32(37)24-8-10-25(11-9-24)36-34-18-21-14-22(19-34)16-23(15-21)20-34/h4-11,21-23,29,32,35-36H,14-20H2,1-3H3,(H,39,40)/t21?,22?,23?,29-,32+,34?/m1/s1. The maximum Gasteiger partial charge on any atom is 0.326 e. The molecule has 3 aromatic rings. The molecule has 5 aliphatic rings. The van der Waals surface area contributed by atoms with Crippen LogP contribution in [0.5, 0.6) is 0 Å². The summed E-state index contributed by atoms with van der Waals surface area (Å²) in [5.41, 5.74) is 8.17. The number of carbonyl (C=O) groups is 2. The van der Waals surface area contributed by atoms with Crippen molar-refractivity contribution in [2.75, 3.05) is 5.32 Å². The highest BCUT2D eigenvalue weighted by atomic mass is 28.3. The zero-order valence-electron chi connectivity index (χ0n) is 24.2. The first-order valence-corrected chi connectivity index (χ1v) is 18.6. The number of H-pyrrole nitrogens is 1. The van der Waals surface area contributed by atoms with Crippen molar-refractivity contribution in [1.29, 1.82) is 0 Å². The molecule has 1 amide bonds. The Labute approximate surface area is 242 Å². The smallest absolute Gasteiger partial charge is 0.326 e. The van der Waals surface area contributed by atoms with Gasteiger partial charge >= 0.3 is 5.97 Å². The number of carbonyl (C=O) groups excluding carboxylic acids is 1. The average Bonchev–Trinajstić information content (AvgIpc) is 3.28. The second-order valence-electron chi connectivity index (χ2n) is 14.2. The molecule has 2 aromatic carbocycles. The molecule has 6 nitrogen and oxygen atoms in total. The number of nitrogens with zero attached hydrogens (tertiary/aromatic N) is 1. The van der Waals surface area contributed by atoms with E-state index in [2.05, 4.69) is 65.7 Å². The maximum atomic E-state index is 13.7.